The molecule has 3 rings (SSSR count). The Hall–Kier alpha value is -3.02. The molecule has 0 radical (unpaired) electrons. The maximum atomic E-state index is 12.0. The standard InChI is InChI=1S/C24H31N3O3/c1-4-30-21-9-10-23(22(15-21)24(25)29)27-13-11-20(12-14-27)19-7-5-18(6-8-19)16(2)26-17(3)28/h5-10,15-16,20H,4,11-14H2,1-3H3,(H2,25,29)(H,26,28). The van der Waals surface area contributed by atoms with Gasteiger partial charge in [-0.15, -0.1) is 0 Å². The van der Waals surface area contributed by atoms with E-state index in [9.17, 15) is 9.59 Å². The predicted octanol–water partition coefficient (Wildman–Crippen LogP) is 3.77. The molecule has 0 bridgehead atoms. The number of nitrogens with two attached hydrogens (primary N) is 1. The van der Waals surface area contributed by atoms with Crippen LogP contribution in [0.15, 0.2) is 42.5 Å². The largest absolute Gasteiger partial charge is 0.494 e. The van der Waals surface area contributed by atoms with Gasteiger partial charge in [-0.2, -0.15) is 0 Å². The van der Waals surface area contributed by atoms with E-state index in [1.807, 2.05) is 26.0 Å². The lowest BCUT2D eigenvalue weighted by molar-refractivity contribution is -0.119. The van der Waals surface area contributed by atoms with Crippen molar-refractivity contribution in [2.24, 2.45) is 5.73 Å². The second-order valence-electron chi connectivity index (χ2n) is 7.83. The molecule has 2 aromatic carbocycles. The van der Waals surface area contributed by atoms with Crippen molar-refractivity contribution < 1.29 is 14.3 Å². The summed E-state index contributed by atoms with van der Waals surface area (Å²) in [5.41, 5.74) is 9.43. The van der Waals surface area contributed by atoms with Gasteiger partial charge in [-0.25, -0.2) is 0 Å². The highest BCUT2D eigenvalue weighted by atomic mass is 16.5. The number of benzene rings is 2. The fourth-order valence-electron chi connectivity index (χ4n) is 4.14. The first-order valence-electron chi connectivity index (χ1n) is 10.6. The maximum absolute atomic E-state index is 12.0. The Bertz CT molecular complexity index is 887. The zero-order valence-electron chi connectivity index (χ0n) is 18.0. The van der Waals surface area contributed by atoms with Crippen LogP contribution < -0.4 is 20.7 Å². The van der Waals surface area contributed by atoms with Crippen LogP contribution in [0.3, 0.4) is 0 Å². The van der Waals surface area contributed by atoms with Crippen LogP contribution in [0.1, 0.15) is 67.1 Å². The van der Waals surface area contributed by atoms with E-state index in [-0.39, 0.29) is 11.9 Å². The van der Waals surface area contributed by atoms with Gasteiger partial charge in [0.1, 0.15) is 5.75 Å². The molecule has 3 N–H and O–H groups in total. The van der Waals surface area contributed by atoms with Gasteiger partial charge >= 0.3 is 0 Å². The lowest BCUT2D eigenvalue weighted by Gasteiger charge is -2.35. The van der Waals surface area contributed by atoms with Gasteiger partial charge < -0.3 is 20.7 Å². The van der Waals surface area contributed by atoms with Gasteiger partial charge in [-0.3, -0.25) is 9.59 Å². The zero-order chi connectivity index (χ0) is 21.7. The minimum atomic E-state index is -0.433. The quantitative estimate of drug-likeness (QED) is 0.729. The lowest BCUT2D eigenvalue weighted by Crippen LogP contribution is -2.34. The molecule has 0 aromatic heterocycles. The molecule has 2 amide bonds. The third-order valence-corrected chi connectivity index (χ3v) is 5.71. The molecule has 1 atom stereocenters. The molecule has 160 valence electrons. The number of piperidine rings is 1. The van der Waals surface area contributed by atoms with E-state index in [0.29, 0.717) is 23.8 Å². The Kier molecular flexibility index (Phi) is 6.98. The smallest absolute Gasteiger partial charge is 0.250 e. The maximum Gasteiger partial charge on any atom is 0.250 e. The van der Waals surface area contributed by atoms with Crippen molar-refractivity contribution in [3.63, 3.8) is 0 Å². The normalized spacial score (nSPS) is 15.5. The number of ether oxygens (including phenoxy) is 1. The fourth-order valence-corrected chi connectivity index (χ4v) is 4.14. The van der Waals surface area contributed by atoms with Gasteiger partial charge in [0.05, 0.1) is 18.2 Å². The van der Waals surface area contributed by atoms with E-state index < -0.39 is 5.91 Å². The summed E-state index contributed by atoms with van der Waals surface area (Å²) in [7, 11) is 0. The average Bonchev–Trinajstić information content (AvgIpc) is 2.74. The first-order valence-corrected chi connectivity index (χ1v) is 10.6. The Morgan fingerprint density at radius 1 is 1.17 bits per heavy atom. The summed E-state index contributed by atoms with van der Waals surface area (Å²) in [5, 5.41) is 2.92. The van der Waals surface area contributed by atoms with Gasteiger partial charge in [0.2, 0.25) is 5.91 Å². The molecule has 0 spiro atoms. The minimum absolute atomic E-state index is 0.00489. The number of anilines is 1. The second-order valence-corrected chi connectivity index (χ2v) is 7.83. The zero-order valence-corrected chi connectivity index (χ0v) is 18.0. The number of carbonyl (C=O) groups excluding carboxylic acids is 2. The molecule has 2 aromatic rings. The van der Waals surface area contributed by atoms with Crippen LogP contribution in [-0.4, -0.2) is 31.5 Å². The Labute approximate surface area is 178 Å². The average molecular weight is 410 g/mol. The number of hydrogen-bond acceptors (Lipinski definition) is 4. The Balaban J connectivity index is 1.66. The Morgan fingerprint density at radius 2 is 1.83 bits per heavy atom. The summed E-state index contributed by atoms with van der Waals surface area (Å²) in [5.74, 6) is 0.686. The number of rotatable bonds is 7. The Morgan fingerprint density at radius 3 is 2.40 bits per heavy atom. The van der Waals surface area contributed by atoms with Crippen molar-refractivity contribution >= 4 is 17.5 Å². The third-order valence-electron chi connectivity index (χ3n) is 5.71. The summed E-state index contributed by atoms with van der Waals surface area (Å²) in [6, 6.07) is 14.1. The summed E-state index contributed by atoms with van der Waals surface area (Å²) < 4.78 is 5.51. The SMILES string of the molecule is CCOc1ccc(N2CCC(c3ccc(C(C)NC(C)=O)cc3)CC2)c(C(N)=O)c1. The van der Waals surface area contributed by atoms with Gasteiger partial charge in [0, 0.05) is 25.7 Å². The molecule has 1 saturated heterocycles. The summed E-state index contributed by atoms with van der Waals surface area (Å²) in [6.45, 7) is 7.71. The van der Waals surface area contributed by atoms with E-state index in [1.165, 1.54) is 12.5 Å². The fraction of sp³-hybridized carbons (Fsp3) is 0.417. The molecule has 1 aliphatic rings. The van der Waals surface area contributed by atoms with Crippen molar-refractivity contribution in [3.8, 4) is 5.75 Å². The first kappa shape index (κ1) is 21.7. The third kappa shape index (κ3) is 5.12. The van der Waals surface area contributed by atoms with Crippen LogP contribution in [0.25, 0.3) is 0 Å². The van der Waals surface area contributed by atoms with Crippen molar-refractivity contribution in [1.29, 1.82) is 0 Å². The van der Waals surface area contributed by atoms with Crippen LogP contribution in [0.5, 0.6) is 5.75 Å². The monoisotopic (exact) mass is 409 g/mol. The molecular formula is C24H31N3O3. The summed E-state index contributed by atoms with van der Waals surface area (Å²) in [4.78, 5) is 25.5. The molecule has 1 fully saturated rings. The number of hydrogen-bond donors (Lipinski definition) is 2. The molecule has 6 heteroatoms. The lowest BCUT2D eigenvalue weighted by atomic mass is 9.88. The van der Waals surface area contributed by atoms with Gasteiger partial charge in [-0.1, -0.05) is 24.3 Å². The van der Waals surface area contributed by atoms with Crippen molar-refractivity contribution in [3.05, 3.63) is 59.2 Å². The highest BCUT2D eigenvalue weighted by Gasteiger charge is 2.24. The van der Waals surface area contributed by atoms with Gasteiger partial charge in [-0.05, 0) is 61.9 Å². The molecule has 1 unspecified atom stereocenters. The van der Waals surface area contributed by atoms with Crippen LogP contribution in [0, 0.1) is 0 Å². The number of amides is 2. The first-order chi connectivity index (χ1) is 14.4. The predicted molar refractivity (Wildman–Crippen MR) is 119 cm³/mol. The molecule has 1 heterocycles. The van der Waals surface area contributed by atoms with E-state index in [4.69, 9.17) is 10.5 Å². The topological polar surface area (TPSA) is 84.7 Å². The van der Waals surface area contributed by atoms with Gasteiger partial charge in [0.15, 0.2) is 0 Å². The van der Waals surface area contributed by atoms with Crippen molar-refractivity contribution in [2.75, 3.05) is 24.6 Å². The molecular weight excluding hydrogens is 378 g/mol. The molecule has 0 aliphatic carbocycles. The minimum Gasteiger partial charge on any atom is -0.494 e. The van der Waals surface area contributed by atoms with Crippen LogP contribution in [0.2, 0.25) is 0 Å². The number of nitrogens with zero attached hydrogens (tertiary/aromatic N) is 1. The van der Waals surface area contributed by atoms with Gasteiger partial charge in [0.25, 0.3) is 5.91 Å². The van der Waals surface area contributed by atoms with E-state index in [0.717, 1.165) is 37.2 Å². The highest BCUT2D eigenvalue weighted by Crippen LogP contribution is 2.33. The summed E-state index contributed by atoms with van der Waals surface area (Å²) in [6.07, 6.45) is 2.01. The van der Waals surface area contributed by atoms with E-state index in [2.05, 4.69) is 34.5 Å². The number of primary amides is 1. The van der Waals surface area contributed by atoms with E-state index in [1.54, 1.807) is 6.07 Å². The molecule has 1 aliphatic heterocycles. The molecule has 0 saturated carbocycles. The second kappa shape index (κ2) is 9.65. The van der Waals surface area contributed by atoms with Crippen LogP contribution in [0.4, 0.5) is 5.69 Å². The molecule has 6 nitrogen and oxygen atoms in total. The van der Waals surface area contributed by atoms with E-state index >= 15 is 0 Å². The number of nitrogens with one attached hydrogen (secondary N) is 1. The summed E-state index contributed by atoms with van der Waals surface area (Å²) >= 11 is 0. The van der Waals surface area contributed by atoms with Crippen molar-refractivity contribution in [2.45, 2.75) is 45.6 Å². The van der Waals surface area contributed by atoms with Crippen LogP contribution >= 0.6 is 0 Å². The van der Waals surface area contributed by atoms with Crippen molar-refractivity contribution in [1.82, 2.24) is 5.32 Å². The highest BCUT2D eigenvalue weighted by molar-refractivity contribution is 5.99. The van der Waals surface area contributed by atoms with Crippen LogP contribution in [-0.2, 0) is 4.79 Å². The number of carbonyl (C=O) groups is 2. The molecule has 30 heavy (non-hydrogen) atoms.